The Morgan fingerprint density at radius 3 is 2.29 bits per heavy atom. The fourth-order valence-corrected chi connectivity index (χ4v) is 1.32. The van der Waals surface area contributed by atoms with Crippen LogP contribution in [0.5, 0.6) is 0 Å². The van der Waals surface area contributed by atoms with E-state index in [0.29, 0.717) is 6.07 Å². The molecule has 0 spiro atoms. The molecule has 0 aliphatic rings. The van der Waals surface area contributed by atoms with Gasteiger partial charge in [-0.25, -0.2) is 13.2 Å². The van der Waals surface area contributed by atoms with E-state index in [1.54, 1.807) is 0 Å². The topological polar surface area (TPSA) is 76.7 Å². The monoisotopic (exact) mass is 306 g/mol. The number of nitrogens with one attached hydrogen (secondary N) is 2. The first-order valence-corrected chi connectivity index (χ1v) is 5.69. The minimum atomic E-state index is -1.74. The highest BCUT2D eigenvalue weighted by molar-refractivity contribution is 6.39. The van der Waals surface area contributed by atoms with E-state index in [2.05, 4.69) is 5.32 Å². The van der Waals surface area contributed by atoms with E-state index >= 15 is 0 Å². The van der Waals surface area contributed by atoms with Crippen molar-refractivity contribution in [1.82, 2.24) is 5.32 Å². The molecule has 2 amide bonds. The van der Waals surface area contributed by atoms with Gasteiger partial charge >= 0.3 is 11.8 Å². The van der Waals surface area contributed by atoms with Crippen LogP contribution in [0, 0.1) is 17.5 Å². The lowest BCUT2D eigenvalue weighted by molar-refractivity contribution is -0.139. The Morgan fingerprint density at radius 1 is 1.10 bits per heavy atom. The average molecular weight is 306 g/mol. The minimum Gasteiger partial charge on any atom is -0.354 e. The molecule has 1 rings (SSSR count). The number of hydrogen-bond acceptors (Lipinski definition) is 4. The maximum Gasteiger partial charge on any atom is 0.313 e. The first-order valence-electron chi connectivity index (χ1n) is 5.69. The summed E-state index contributed by atoms with van der Waals surface area (Å²) in [5.74, 6) is -7.10. The maximum atomic E-state index is 13.3. The SMILES string of the molecule is COC(CNC(=O)C(=O)Nc1ccc(F)c(F)c1F)OC. The molecule has 0 fully saturated rings. The third kappa shape index (κ3) is 4.43. The van der Waals surface area contributed by atoms with Crippen molar-refractivity contribution in [3.8, 4) is 0 Å². The van der Waals surface area contributed by atoms with Crippen LogP contribution in [0.15, 0.2) is 12.1 Å². The van der Waals surface area contributed by atoms with Crippen LogP contribution in [-0.2, 0) is 19.1 Å². The van der Waals surface area contributed by atoms with Gasteiger partial charge in [0.1, 0.15) is 0 Å². The van der Waals surface area contributed by atoms with Gasteiger partial charge in [-0.1, -0.05) is 0 Å². The zero-order chi connectivity index (χ0) is 16.0. The Balaban J connectivity index is 2.65. The van der Waals surface area contributed by atoms with Crippen LogP contribution in [0.25, 0.3) is 0 Å². The van der Waals surface area contributed by atoms with Gasteiger partial charge in [0.15, 0.2) is 23.7 Å². The smallest absolute Gasteiger partial charge is 0.313 e. The van der Waals surface area contributed by atoms with E-state index in [9.17, 15) is 22.8 Å². The summed E-state index contributed by atoms with van der Waals surface area (Å²) in [6.07, 6.45) is -0.762. The molecule has 6 nitrogen and oxygen atoms in total. The lowest BCUT2D eigenvalue weighted by atomic mass is 10.2. The normalized spacial score (nSPS) is 10.6. The van der Waals surface area contributed by atoms with Gasteiger partial charge in [-0.3, -0.25) is 9.59 Å². The number of ether oxygens (including phenoxy) is 2. The number of carbonyl (C=O) groups is 2. The second kappa shape index (κ2) is 7.60. The Labute approximate surface area is 118 Å². The molecule has 0 aliphatic heterocycles. The van der Waals surface area contributed by atoms with E-state index in [-0.39, 0.29) is 6.54 Å². The Bertz CT molecular complexity index is 535. The number of methoxy groups -OCH3 is 2. The maximum absolute atomic E-state index is 13.3. The van der Waals surface area contributed by atoms with Crippen molar-refractivity contribution < 1.29 is 32.2 Å². The molecule has 0 bridgehead atoms. The highest BCUT2D eigenvalue weighted by Crippen LogP contribution is 2.19. The predicted molar refractivity (Wildman–Crippen MR) is 65.8 cm³/mol. The molecular formula is C12H13F3N2O4. The number of benzene rings is 1. The van der Waals surface area contributed by atoms with Gasteiger partial charge < -0.3 is 20.1 Å². The summed E-state index contributed by atoms with van der Waals surface area (Å²) >= 11 is 0. The number of hydrogen-bond donors (Lipinski definition) is 2. The van der Waals surface area contributed by atoms with E-state index < -0.39 is 41.2 Å². The Morgan fingerprint density at radius 2 is 1.71 bits per heavy atom. The zero-order valence-corrected chi connectivity index (χ0v) is 11.2. The first-order chi connectivity index (χ1) is 9.90. The number of rotatable bonds is 5. The zero-order valence-electron chi connectivity index (χ0n) is 11.2. The van der Waals surface area contributed by atoms with Gasteiger partial charge in [0.25, 0.3) is 0 Å². The summed E-state index contributed by atoms with van der Waals surface area (Å²) < 4.78 is 48.5. The molecule has 1 aromatic rings. The van der Waals surface area contributed by atoms with Crippen molar-refractivity contribution in [3.05, 3.63) is 29.6 Å². The largest absolute Gasteiger partial charge is 0.354 e. The van der Waals surface area contributed by atoms with Gasteiger partial charge in [-0.05, 0) is 12.1 Å². The molecule has 0 saturated heterocycles. The van der Waals surface area contributed by atoms with Crippen LogP contribution >= 0.6 is 0 Å². The fraction of sp³-hybridized carbons (Fsp3) is 0.333. The van der Waals surface area contributed by atoms with Crippen LogP contribution in [-0.4, -0.2) is 38.9 Å². The second-order valence-electron chi connectivity index (χ2n) is 3.79. The van der Waals surface area contributed by atoms with Crippen molar-refractivity contribution in [2.75, 3.05) is 26.1 Å². The third-order valence-electron chi connectivity index (χ3n) is 2.44. The van der Waals surface area contributed by atoms with Crippen molar-refractivity contribution in [1.29, 1.82) is 0 Å². The summed E-state index contributed by atoms with van der Waals surface area (Å²) in [6.45, 7) is -0.125. The van der Waals surface area contributed by atoms with E-state index in [0.717, 1.165) is 6.07 Å². The van der Waals surface area contributed by atoms with Gasteiger partial charge in [0.05, 0.1) is 12.2 Å². The number of amides is 2. The molecule has 21 heavy (non-hydrogen) atoms. The molecule has 9 heteroatoms. The van der Waals surface area contributed by atoms with Gasteiger partial charge in [0.2, 0.25) is 0 Å². The van der Waals surface area contributed by atoms with Crippen LogP contribution in [0.1, 0.15) is 0 Å². The lowest BCUT2D eigenvalue weighted by Gasteiger charge is -2.14. The first kappa shape index (κ1) is 16.9. The lowest BCUT2D eigenvalue weighted by Crippen LogP contribution is -2.40. The molecule has 0 unspecified atom stereocenters. The quantitative estimate of drug-likeness (QED) is 0.479. The minimum absolute atomic E-state index is 0.125. The molecule has 1 aromatic carbocycles. The van der Waals surface area contributed by atoms with Crippen LogP contribution < -0.4 is 10.6 Å². The van der Waals surface area contributed by atoms with Crippen LogP contribution in [0.4, 0.5) is 18.9 Å². The number of carbonyl (C=O) groups excluding carboxylic acids is 2. The molecule has 0 aromatic heterocycles. The third-order valence-corrected chi connectivity index (χ3v) is 2.44. The van der Waals surface area contributed by atoms with E-state index in [1.807, 2.05) is 5.32 Å². The Hall–Kier alpha value is -2.13. The van der Waals surface area contributed by atoms with Crippen molar-refractivity contribution >= 4 is 17.5 Å². The molecule has 0 radical (unpaired) electrons. The molecule has 0 aliphatic carbocycles. The van der Waals surface area contributed by atoms with Gasteiger partial charge in [0, 0.05) is 14.2 Å². The highest BCUT2D eigenvalue weighted by Gasteiger charge is 2.19. The summed E-state index contributed by atoms with van der Waals surface area (Å²) in [5.41, 5.74) is -0.649. The fourth-order valence-electron chi connectivity index (χ4n) is 1.32. The second-order valence-corrected chi connectivity index (χ2v) is 3.79. The standard InChI is InChI=1S/C12H13F3N2O4/c1-20-8(21-2)5-16-11(18)12(19)17-7-4-3-6(13)9(14)10(7)15/h3-4,8H,5H2,1-2H3,(H,16,18)(H,17,19). The summed E-state index contributed by atoms with van der Waals surface area (Å²) in [5, 5.41) is 3.98. The van der Waals surface area contributed by atoms with E-state index in [1.165, 1.54) is 14.2 Å². The van der Waals surface area contributed by atoms with Crippen LogP contribution in [0.3, 0.4) is 0 Å². The molecule has 116 valence electrons. The van der Waals surface area contributed by atoms with E-state index in [4.69, 9.17) is 9.47 Å². The Kier molecular flexibility index (Phi) is 6.12. The average Bonchev–Trinajstić information content (AvgIpc) is 2.48. The highest BCUT2D eigenvalue weighted by atomic mass is 19.2. The number of halogens is 3. The predicted octanol–water partition coefficient (Wildman–Crippen LogP) is 0.777. The molecule has 0 atom stereocenters. The van der Waals surface area contributed by atoms with Crippen molar-refractivity contribution in [2.24, 2.45) is 0 Å². The number of anilines is 1. The van der Waals surface area contributed by atoms with Crippen molar-refractivity contribution in [3.63, 3.8) is 0 Å². The molecule has 0 saturated carbocycles. The summed E-state index contributed by atoms with van der Waals surface area (Å²) in [6, 6.07) is 1.42. The molecule has 0 heterocycles. The summed E-state index contributed by atoms with van der Waals surface area (Å²) in [4.78, 5) is 22.9. The molecular weight excluding hydrogens is 293 g/mol. The van der Waals surface area contributed by atoms with Gasteiger partial charge in [-0.2, -0.15) is 0 Å². The summed E-state index contributed by atoms with van der Waals surface area (Å²) in [7, 11) is 2.66. The van der Waals surface area contributed by atoms with Gasteiger partial charge in [-0.15, -0.1) is 0 Å². The van der Waals surface area contributed by atoms with Crippen molar-refractivity contribution in [2.45, 2.75) is 6.29 Å². The van der Waals surface area contributed by atoms with Crippen LogP contribution in [0.2, 0.25) is 0 Å². The molecule has 2 N–H and O–H groups in total.